The zero-order valence-electron chi connectivity index (χ0n) is 21.3. The molecule has 0 bridgehead atoms. The second-order valence-corrected chi connectivity index (χ2v) is 13.6. The van der Waals surface area contributed by atoms with Gasteiger partial charge in [0.1, 0.15) is 0 Å². The van der Waals surface area contributed by atoms with E-state index in [0.717, 1.165) is 11.1 Å². The molecule has 0 amide bonds. The molecule has 2 aromatic carbocycles. The predicted octanol–water partition coefficient (Wildman–Crippen LogP) is -0.510. The van der Waals surface area contributed by atoms with Gasteiger partial charge >= 0.3 is 230 Å². The van der Waals surface area contributed by atoms with Crippen LogP contribution < -0.4 is 10.9 Å². The van der Waals surface area contributed by atoms with Crippen LogP contribution in [0.1, 0.15) is 0 Å². The fourth-order valence-corrected chi connectivity index (χ4v) is 8.75. The number of fused-ring (bicyclic) bond motifs is 2. The van der Waals surface area contributed by atoms with Crippen molar-refractivity contribution in [3.05, 3.63) is 60.7 Å². The first-order valence-electron chi connectivity index (χ1n) is 12.7. The molecule has 0 N–H and O–H groups in total. The van der Waals surface area contributed by atoms with Crippen molar-refractivity contribution in [3.63, 3.8) is 0 Å². The van der Waals surface area contributed by atoms with Gasteiger partial charge in [-0.1, -0.05) is 0 Å². The van der Waals surface area contributed by atoms with Crippen molar-refractivity contribution in [1.82, 2.24) is 0 Å². The number of carbonyl (C=O) groups excluding carboxylic acids is 4. The Morgan fingerprint density at radius 2 is 0.846 bits per heavy atom. The van der Waals surface area contributed by atoms with Gasteiger partial charge in [-0.2, -0.15) is 0 Å². The number of quaternary nitrogens is 2. The molecule has 13 heteroatoms. The molecular formula is C26H24B2N2O8Se. The monoisotopic (exact) mass is 594 g/mol. The average molecular weight is 593 g/mol. The van der Waals surface area contributed by atoms with E-state index in [1.165, 1.54) is 8.87 Å². The maximum atomic E-state index is 12.1. The second kappa shape index (κ2) is 7.95. The molecule has 3 aromatic rings. The summed E-state index contributed by atoms with van der Waals surface area (Å²) >= 11 is 0.0321. The second-order valence-electron chi connectivity index (χ2n) is 11.3. The summed E-state index contributed by atoms with van der Waals surface area (Å²) in [4.78, 5) is 48.5. The van der Waals surface area contributed by atoms with E-state index in [-0.39, 0.29) is 73.3 Å². The van der Waals surface area contributed by atoms with Gasteiger partial charge < -0.3 is 0 Å². The number of likely N-dealkylation sites (N-methyl/N-ethyl adjacent to an activating group) is 2. The van der Waals surface area contributed by atoms with Gasteiger partial charge in [0.2, 0.25) is 0 Å². The number of hydrogen-bond donors (Lipinski definition) is 0. The molecule has 4 fully saturated rings. The summed E-state index contributed by atoms with van der Waals surface area (Å²) in [6, 6.07) is 19.6. The Bertz CT molecular complexity index is 1430. The Hall–Kier alpha value is -3.63. The zero-order chi connectivity index (χ0) is 27.2. The number of benzene rings is 2. The quantitative estimate of drug-likeness (QED) is 0.373. The summed E-state index contributed by atoms with van der Waals surface area (Å²) in [5, 5.41) is 0. The van der Waals surface area contributed by atoms with E-state index in [2.05, 4.69) is 12.1 Å². The Kier molecular flexibility index (Phi) is 4.98. The van der Waals surface area contributed by atoms with Crippen LogP contribution in [0.15, 0.2) is 60.7 Å². The van der Waals surface area contributed by atoms with E-state index in [9.17, 15) is 19.2 Å². The van der Waals surface area contributed by atoms with Crippen LogP contribution >= 0.6 is 0 Å². The molecule has 198 valence electrons. The van der Waals surface area contributed by atoms with Gasteiger partial charge in [-0.3, -0.25) is 0 Å². The van der Waals surface area contributed by atoms with Gasteiger partial charge in [-0.05, 0) is 0 Å². The third-order valence-corrected chi connectivity index (χ3v) is 11.1. The summed E-state index contributed by atoms with van der Waals surface area (Å²) in [7, 11) is 3.64. The minimum absolute atomic E-state index is 0.0321. The van der Waals surface area contributed by atoms with Crippen molar-refractivity contribution in [2.45, 2.75) is 0 Å². The Balaban J connectivity index is 1.15. The topological polar surface area (TPSA) is 105 Å². The fraction of sp³-hybridized carbons (Fsp3) is 0.231. The average Bonchev–Trinajstić information content (AvgIpc) is 3.61. The van der Waals surface area contributed by atoms with Crippen molar-refractivity contribution in [3.8, 4) is 20.0 Å². The predicted molar refractivity (Wildman–Crippen MR) is 141 cm³/mol. The molecule has 7 rings (SSSR count). The summed E-state index contributed by atoms with van der Waals surface area (Å²) in [5.41, 5.74) is 3.48. The van der Waals surface area contributed by atoms with Crippen molar-refractivity contribution in [1.29, 1.82) is 0 Å². The maximum absolute atomic E-state index is 12.1. The summed E-state index contributed by atoms with van der Waals surface area (Å²) in [5.74, 6) is -1.45. The minimum atomic E-state index is -2.25. The molecular weight excluding hydrogens is 569 g/mol. The third kappa shape index (κ3) is 3.37. The van der Waals surface area contributed by atoms with E-state index in [1.807, 2.05) is 62.6 Å². The molecule has 1 aromatic heterocycles. The summed E-state index contributed by atoms with van der Waals surface area (Å²) in [6.07, 6.45) is 0. The first-order valence-corrected chi connectivity index (χ1v) is 14.4. The molecule has 0 aliphatic carbocycles. The van der Waals surface area contributed by atoms with Crippen LogP contribution in [-0.2, 0) is 37.8 Å². The van der Waals surface area contributed by atoms with E-state index in [0.29, 0.717) is 10.9 Å². The Morgan fingerprint density at radius 3 is 1.15 bits per heavy atom. The zero-order valence-corrected chi connectivity index (χ0v) is 23.0. The molecule has 4 aliphatic rings. The first-order chi connectivity index (χ1) is 18.5. The van der Waals surface area contributed by atoms with E-state index in [4.69, 9.17) is 18.6 Å². The summed E-state index contributed by atoms with van der Waals surface area (Å²) < 4.78 is 25.2. The van der Waals surface area contributed by atoms with Crippen LogP contribution in [0.25, 0.3) is 20.0 Å². The fourth-order valence-electron chi connectivity index (χ4n) is 6.61. The van der Waals surface area contributed by atoms with Crippen LogP contribution in [0.3, 0.4) is 0 Å². The van der Waals surface area contributed by atoms with Crippen molar-refractivity contribution >= 4 is 62.7 Å². The van der Waals surface area contributed by atoms with Crippen molar-refractivity contribution in [2.75, 3.05) is 40.3 Å². The summed E-state index contributed by atoms with van der Waals surface area (Å²) in [6.45, 7) is -4.05. The van der Waals surface area contributed by atoms with Gasteiger partial charge in [0.05, 0.1) is 0 Å². The van der Waals surface area contributed by atoms with Crippen LogP contribution in [0.2, 0.25) is 0 Å². The molecule has 0 atom stereocenters. The van der Waals surface area contributed by atoms with Crippen LogP contribution in [0.4, 0.5) is 0 Å². The van der Waals surface area contributed by atoms with Gasteiger partial charge in [-0.25, -0.2) is 0 Å². The number of nitrogens with zero attached hydrogens (tertiary/aromatic N) is 2. The van der Waals surface area contributed by atoms with Crippen LogP contribution in [0, 0.1) is 0 Å². The number of rotatable bonds is 4. The third-order valence-electron chi connectivity index (χ3n) is 8.61. The number of hydrogen-bond acceptors (Lipinski definition) is 8. The SMILES string of the molecule is C[N+]12CC(=O)O[B-]1(c1ccc(-c3ccc(-c4ccc([B-]56OC(=O)C[N+]5(C)CC(=O)O6)cc4)[se]3)cc1)OC(=O)C2. The van der Waals surface area contributed by atoms with E-state index >= 15 is 0 Å². The Morgan fingerprint density at radius 1 is 0.538 bits per heavy atom. The van der Waals surface area contributed by atoms with Gasteiger partial charge in [0.15, 0.2) is 0 Å². The molecule has 0 unspecified atom stereocenters. The molecule has 0 spiro atoms. The van der Waals surface area contributed by atoms with Crippen molar-refractivity contribution < 1.29 is 46.6 Å². The Labute approximate surface area is 229 Å². The van der Waals surface area contributed by atoms with Crippen LogP contribution in [0.5, 0.6) is 0 Å². The standard InChI is InChI=1S/C26H24B2N2O8Se/c1-29-13-23(31)35-27(29,36-24(32)14-29)19-7-3-17(4-8-19)21-11-12-22(39-21)18-5-9-20(10-6-18)28-30(2,15-25(33)37-28)16-26(34)38-28/h3-12H,13-16H2,1-2H3. The molecule has 5 heterocycles. The molecule has 39 heavy (non-hydrogen) atoms. The molecule has 10 nitrogen and oxygen atoms in total. The van der Waals surface area contributed by atoms with Crippen LogP contribution in [-0.4, -0.2) is 101 Å². The molecule has 4 saturated heterocycles. The number of carbonyl (C=O) groups is 4. The van der Waals surface area contributed by atoms with E-state index in [1.54, 1.807) is 0 Å². The first kappa shape index (κ1) is 24.4. The van der Waals surface area contributed by atoms with Gasteiger partial charge in [0.25, 0.3) is 0 Å². The molecule has 0 radical (unpaired) electrons. The normalized spacial score (nSPS) is 32.9. The van der Waals surface area contributed by atoms with E-state index < -0.39 is 13.4 Å². The van der Waals surface area contributed by atoms with Crippen molar-refractivity contribution in [2.24, 2.45) is 0 Å². The van der Waals surface area contributed by atoms with Gasteiger partial charge in [0, 0.05) is 0 Å². The van der Waals surface area contributed by atoms with Gasteiger partial charge in [-0.15, -0.1) is 0 Å². The molecule has 4 aliphatic heterocycles. The molecule has 0 saturated carbocycles.